The van der Waals surface area contributed by atoms with Crippen LogP contribution in [-0.2, 0) is 16.0 Å². The minimum absolute atomic E-state index is 0.0551. The summed E-state index contributed by atoms with van der Waals surface area (Å²) < 4.78 is 5.69. The minimum Gasteiger partial charge on any atom is -0.479 e. The third-order valence-electron chi connectivity index (χ3n) is 4.18. The summed E-state index contributed by atoms with van der Waals surface area (Å²) in [5.41, 5.74) is 2.62. The van der Waals surface area contributed by atoms with Crippen molar-refractivity contribution in [2.75, 3.05) is 16.8 Å². The second kappa shape index (κ2) is 7.38. The van der Waals surface area contributed by atoms with Gasteiger partial charge >= 0.3 is 0 Å². The fourth-order valence-electron chi connectivity index (χ4n) is 3.00. The van der Waals surface area contributed by atoms with E-state index in [2.05, 4.69) is 17.4 Å². The molecule has 1 heterocycles. The molecule has 0 aliphatic carbocycles. The number of carbonyl (C=O) groups is 2. The molecule has 0 aromatic heterocycles. The third kappa shape index (κ3) is 3.99. The van der Waals surface area contributed by atoms with Crippen molar-refractivity contribution in [3.63, 3.8) is 0 Å². The van der Waals surface area contributed by atoms with Crippen molar-refractivity contribution in [1.82, 2.24) is 0 Å². The number of anilines is 2. The highest BCUT2D eigenvalue weighted by Gasteiger charge is 2.31. The number of ether oxygens (including phenoxy) is 1. The van der Waals surface area contributed by atoms with Gasteiger partial charge in [0.2, 0.25) is 5.91 Å². The Kier molecular flexibility index (Phi) is 5.03. The first-order valence-electron chi connectivity index (χ1n) is 8.48. The summed E-state index contributed by atoms with van der Waals surface area (Å²) in [4.78, 5) is 25.6. The summed E-state index contributed by atoms with van der Waals surface area (Å²) in [6.45, 7) is 3.83. The van der Waals surface area contributed by atoms with Gasteiger partial charge in [-0.25, -0.2) is 0 Å². The molecule has 0 radical (unpaired) electrons. The van der Waals surface area contributed by atoms with Crippen LogP contribution >= 0.6 is 0 Å². The topological polar surface area (TPSA) is 58.6 Å². The standard InChI is InChI=1S/C20H22N2O3/c1-14-20(24)22(12-6-9-16-7-4-3-5-8-16)18-13-17(21-15(2)23)10-11-19(18)25-14/h3-5,7-8,10-11,13-14H,6,9,12H2,1-2H3,(H,21,23). The van der Waals surface area contributed by atoms with Crippen LogP contribution in [0.15, 0.2) is 48.5 Å². The average molecular weight is 338 g/mol. The largest absolute Gasteiger partial charge is 0.479 e. The zero-order valence-corrected chi connectivity index (χ0v) is 14.5. The van der Waals surface area contributed by atoms with Crippen molar-refractivity contribution in [3.8, 4) is 5.75 Å². The molecule has 3 rings (SSSR count). The highest BCUT2D eigenvalue weighted by Crippen LogP contribution is 2.36. The Morgan fingerprint density at radius 1 is 1.20 bits per heavy atom. The SMILES string of the molecule is CC(=O)Nc1ccc2c(c1)N(CCCc1ccccc1)C(=O)C(C)O2. The summed E-state index contributed by atoms with van der Waals surface area (Å²) in [6.07, 6.45) is 1.25. The van der Waals surface area contributed by atoms with E-state index in [1.54, 1.807) is 30.0 Å². The Morgan fingerprint density at radius 2 is 1.96 bits per heavy atom. The lowest BCUT2D eigenvalue weighted by Crippen LogP contribution is -2.45. The molecule has 130 valence electrons. The summed E-state index contributed by atoms with van der Waals surface area (Å²) in [6, 6.07) is 15.6. The van der Waals surface area contributed by atoms with Crippen LogP contribution in [0.1, 0.15) is 25.8 Å². The highest BCUT2D eigenvalue weighted by atomic mass is 16.5. The molecular weight excluding hydrogens is 316 g/mol. The number of amides is 2. The third-order valence-corrected chi connectivity index (χ3v) is 4.18. The quantitative estimate of drug-likeness (QED) is 0.909. The van der Waals surface area contributed by atoms with Crippen LogP contribution in [0.3, 0.4) is 0 Å². The number of nitrogens with zero attached hydrogens (tertiary/aromatic N) is 1. The van der Waals surface area contributed by atoms with E-state index in [4.69, 9.17) is 4.74 Å². The highest BCUT2D eigenvalue weighted by molar-refractivity contribution is 6.01. The van der Waals surface area contributed by atoms with Crippen molar-refractivity contribution in [1.29, 1.82) is 0 Å². The van der Waals surface area contributed by atoms with Gasteiger partial charge in [-0.3, -0.25) is 9.59 Å². The van der Waals surface area contributed by atoms with E-state index in [1.807, 2.05) is 18.2 Å². The second-order valence-corrected chi connectivity index (χ2v) is 6.20. The molecule has 1 N–H and O–H groups in total. The number of nitrogens with one attached hydrogen (secondary N) is 1. The van der Waals surface area contributed by atoms with E-state index < -0.39 is 6.10 Å². The maximum Gasteiger partial charge on any atom is 0.267 e. The average Bonchev–Trinajstić information content (AvgIpc) is 2.59. The molecule has 2 aromatic carbocycles. The smallest absolute Gasteiger partial charge is 0.267 e. The lowest BCUT2D eigenvalue weighted by atomic mass is 10.1. The van der Waals surface area contributed by atoms with Gasteiger partial charge in [0.15, 0.2) is 6.10 Å². The minimum atomic E-state index is -0.504. The number of aryl methyl sites for hydroxylation is 1. The molecule has 5 heteroatoms. The number of rotatable bonds is 5. The van der Waals surface area contributed by atoms with Crippen molar-refractivity contribution in [3.05, 3.63) is 54.1 Å². The van der Waals surface area contributed by atoms with Gasteiger partial charge in [-0.1, -0.05) is 30.3 Å². The van der Waals surface area contributed by atoms with E-state index in [1.165, 1.54) is 12.5 Å². The predicted molar refractivity (Wildman–Crippen MR) is 98.0 cm³/mol. The molecule has 1 aliphatic rings. The maximum absolute atomic E-state index is 12.6. The van der Waals surface area contributed by atoms with E-state index in [0.29, 0.717) is 23.7 Å². The first-order valence-corrected chi connectivity index (χ1v) is 8.48. The Balaban J connectivity index is 1.77. The molecule has 0 saturated heterocycles. The molecule has 2 aromatic rings. The van der Waals surface area contributed by atoms with Crippen molar-refractivity contribution < 1.29 is 14.3 Å². The van der Waals surface area contributed by atoms with E-state index in [-0.39, 0.29) is 11.8 Å². The maximum atomic E-state index is 12.6. The van der Waals surface area contributed by atoms with Gasteiger partial charge in [-0.05, 0) is 43.5 Å². The van der Waals surface area contributed by atoms with Gasteiger partial charge in [0.05, 0.1) is 5.69 Å². The lowest BCUT2D eigenvalue weighted by molar-refractivity contribution is -0.125. The number of carbonyl (C=O) groups excluding carboxylic acids is 2. The molecule has 5 nitrogen and oxygen atoms in total. The van der Waals surface area contributed by atoms with Gasteiger partial charge in [0.1, 0.15) is 5.75 Å². The van der Waals surface area contributed by atoms with E-state index in [0.717, 1.165) is 12.8 Å². The molecule has 1 unspecified atom stereocenters. The van der Waals surface area contributed by atoms with Crippen LogP contribution in [0.5, 0.6) is 5.75 Å². The fourth-order valence-corrected chi connectivity index (χ4v) is 3.00. The summed E-state index contributed by atoms with van der Waals surface area (Å²) in [5.74, 6) is 0.466. The number of hydrogen-bond donors (Lipinski definition) is 1. The van der Waals surface area contributed by atoms with Crippen molar-refractivity contribution in [2.45, 2.75) is 32.8 Å². The van der Waals surface area contributed by atoms with Gasteiger partial charge in [-0.15, -0.1) is 0 Å². The lowest BCUT2D eigenvalue weighted by Gasteiger charge is -2.33. The van der Waals surface area contributed by atoms with Crippen LogP contribution < -0.4 is 15.0 Å². The molecule has 1 atom stereocenters. The Labute approximate surface area is 147 Å². The van der Waals surface area contributed by atoms with Crippen LogP contribution in [0.2, 0.25) is 0 Å². The Bertz CT molecular complexity index is 774. The zero-order valence-electron chi connectivity index (χ0n) is 14.5. The molecule has 2 amide bonds. The van der Waals surface area contributed by atoms with E-state index in [9.17, 15) is 9.59 Å². The van der Waals surface area contributed by atoms with Crippen LogP contribution in [0, 0.1) is 0 Å². The fraction of sp³-hybridized carbons (Fsp3) is 0.300. The molecule has 1 aliphatic heterocycles. The van der Waals surface area contributed by atoms with Crippen LogP contribution in [0.25, 0.3) is 0 Å². The number of hydrogen-bond acceptors (Lipinski definition) is 3. The molecule has 0 fully saturated rings. The van der Waals surface area contributed by atoms with Crippen LogP contribution in [-0.4, -0.2) is 24.5 Å². The van der Waals surface area contributed by atoms with Crippen molar-refractivity contribution >= 4 is 23.2 Å². The summed E-state index contributed by atoms with van der Waals surface area (Å²) in [7, 11) is 0. The first kappa shape index (κ1) is 17.0. The van der Waals surface area contributed by atoms with Gasteiger partial charge in [-0.2, -0.15) is 0 Å². The summed E-state index contributed by atoms with van der Waals surface area (Å²) in [5, 5.41) is 2.75. The zero-order chi connectivity index (χ0) is 17.8. The number of benzene rings is 2. The molecule has 0 spiro atoms. The van der Waals surface area contributed by atoms with Gasteiger partial charge in [0.25, 0.3) is 5.91 Å². The molecule has 0 saturated carbocycles. The van der Waals surface area contributed by atoms with Crippen molar-refractivity contribution in [2.24, 2.45) is 0 Å². The summed E-state index contributed by atoms with van der Waals surface area (Å²) >= 11 is 0. The molecule has 0 bridgehead atoms. The number of fused-ring (bicyclic) bond motifs is 1. The van der Waals surface area contributed by atoms with Crippen LogP contribution in [0.4, 0.5) is 11.4 Å². The second-order valence-electron chi connectivity index (χ2n) is 6.20. The molecule has 25 heavy (non-hydrogen) atoms. The van der Waals surface area contributed by atoms with Gasteiger partial charge < -0.3 is 15.0 Å². The Morgan fingerprint density at radius 3 is 2.68 bits per heavy atom. The monoisotopic (exact) mass is 338 g/mol. The van der Waals surface area contributed by atoms with Gasteiger partial charge in [0, 0.05) is 19.2 Å². The predicted octanol–water partition coefficient (Wildman–Crippen LogP) is 3.39. The van der Waals surface area contributed by atoms with E-state index >= 15 is 0 Å². The molecular formula is C20H22N2O3. The Hall–Kier alpha value is -2.82. The first-order chi connectivity index (χ1) is 12.0. The normalized spacial score (nSPS) is 16.2.